The van der Waals surface area contributed by atoms with Crippen molar-refractivity contribution in [2.75, 3.05) is 11.1 Å². The van der Waals surface area contributed by atoms with Crippen LogP contribution in [0.3, 0.4) is 0 Å². The lowest BCUT2D eigenvalue weighted by Gasteiger charge is -2.07. The van der Waals surface area contributed by atoms with E-state index in [9.17, 15) is 4.79 Å². The van der Waals surface area contributed by atoms with Crippen LogP contribution in [0.1, 0.15) is 21.7 Å². The average molecular weight is 259 g/mol. The van der Waals surface area contributed by atoms with Crippen LogP contribution >= 0.6 is 0 Å². The molecule has 4 N–H and O–H groups in total. The molecule has 0 amide bonds. The van der Waals surface area contributed by atoms with E-state index in [0.717, 1.165) is 11.4 Å². The van der Waals surface area contributed by atoms with Crippen LogP contribution in [0.4, 0.5) is 11.5 Å². The summed E-state index contributed by atoms with van der Waals surface area (Å²) < 4.78 is 0. The van der Waals surface area contributed by atoms with E-state index in [1.807, 2.05) is 6.92 Å². The molecule has 2 aromatic heterocycles. The number of nitrogens with one attached hydrogen (secondary N) is 1. The Labute approximate surface area is 109 Å². The summed E-state index contributed by atoms with van der Waals surface area (Å²) in [6.45, 7) is 2.26. The van der Waals surface area contributed by atoms with Gasteiger partial charge >= 0.3 is 5.97 Å². The Morgan fingerprint density at radius 1 is 1.32 bits per heavy atom. The first kappa shape index (κ1) is 12.7. The van der Waals surface area contributed by atoms with Gasteiger partial charge in [0.05, 0.1) is 41.6 Å². The van der Waals surface area contributed by atoms with Crippen molar-refractivity contribution in [3.05, 3.63) is 41.6 Å². The first-order valence-electron chi connectivity index (χ1n) is 5.56. The molecule has 7 nitrogen and oxygen atoms in total. The molecule has 0 aliphatic heterocycles. The van der Waals surface area contributed by atoms with E-state index in [-0.39, 0.29) is 11.3 Å². The predicted molar refractivity (Wildman–Crippen MR) is 69.7 cm³/mol. The molecule has 0 aliphatic carbocycles. The molecule has 19 heavy (non-hydrogen) atoms. The number of carbonyl (C=O) groups is 1. The van der Waals surface area contributed by atoms with Crippen molar-refractivity contribution < 1.29 is 9.90 Å². The fraction of sp³-hybridized carbons (Fsp3) is 0.167. The molecule has 0 radical (unpaired) electrons. The number of nitrogen functional groups attached to an aromatic ring is 1. The minimum absolute atomic E-state index is 0.0208. The van der Waals surface area contributed by atoms with E-state index in [1.165, 1.54) is 12.3 Å². The van der Waals surface area contributed by atoms with Crippen molar-refractivity contribution in [1.82, 2.24) is 15.0 Å². The number of carboxylic acid groups (broad SMARTS) is 1. The minimum atomic E-state index is -1.09. The van der Waals surface area contributed by atoms with Gasteiger partial charge in [0.1, 0.15) is 5.82 Å². The molecular formula is C12H13N5O2. The maximum absolute atomic E-state index is 10.9. The average Bonchev–Trinajstić information content (AvgIpc) is 2.39. The summed E-state index contributed by atoms with van der Waals surface area (Å²) >= 11 is 0. The molecule has 0 aliphatic rings. The molecule has 2 rings (SSSR count). The number of pyridine rings is 1. The maximum atomic E-state index is 10.9. The zero-order chi connectivity index (χ0) is 13.8. The Bertz CT molecular complexity index is 598. The predicted octanol–water partition coefficient (Wildman–Crippen LogP) is 1.07. The van der Waals surface area contributed by atoms with Crippen LogP contribution in [0, 0.1) is 6.92 Å². The number of nitrogens with two attached hydrogens (primary N) is 1. The van der Waals surface area contributed by atoms with Gasteiger partial charge in [0.15, 0.2) is 0 Å². The highest BCUT2D eigenvalue weighted by molar-refractivity contribution is 5.94. The molecule has 0 atom stereocenters. The van der Waals surface area contributed by atoms with Gasteiger partial charge in [-0.15, -0.1) is 0 Å². The van der Waals surface area contributed by atoms with Gasteiger partial charge in [0.2, 0.25) is 0 Å². The molecular weight excluding hydrogens is 246 g/mol. The fourth-order valence-electron chi connectivity index (χ4n) is 1.44. The maximum Gasteiger partial charge on any atom is 0.337 e. The summed E-state index contributed by atoms with van der Waals surface area (Å²) in [5, 5.41) is 11.9. The molecule has 0 bridgehead atoms. The molecule has 0 fully saturated rings. The lowest BCUT2D eigenvalue weighted by molar-refractivity contribution is 0.0698. The normalized spacial score (nSPS) is 10.2. The zero-order valence-electron chi connectivity index (χ0n) is 10.3. The summed E-state index contributed by atoms with van der Waals surface area (Å²) in [7, 11) is 0. The quantitative estimate of drug-likeness (QED) is 0.752. The number of aromatic carboxylic acids is 1. The van der Waals surface area contributed by atoms with Crippen LogP contribution in [-0.2, 0) is 6.54 Å². The highest BCUT2D eigenvalue weighted by Crippen LogP contribution is 2.15. The van der Waals surface area contributed by atoms with Crippen molar-refractivity contribution in [2.45, 2.75) is 13.5 Å². The van der Waals surface area contributed by atoms with Crippen LogP contribution in [0.15, 0.2) is 24.7 Å². The van der Waals surface area contributed by atoms with Crippen LogP contribution in [0.2, 0.25) is 0 Å². The zero-order valence-corrected chi connectivity index (χ0v) is 10.3. The van der Waals surface area contributed by atoms with E-state index in [1.54, 1.807) is 12.4 Å². The first-order valence-corrected chi connectivity index (χ1v) is 5.56. The van der Waals surface area contributed by atoms with Gasteiger partial charge in [0, 0.05) is 6.20 Å². The Morgan fingerprint density at radius 2 is 2.11 bits per heavy atom. The number of hydrogen-bond donors (Lipinski definition) is 3. The van der Waals surface area contributed by atoms with Crippen molar-refractivity contribution in [3.8, 4) is 0 Å². The Balaban J connectivity index is 2.09. The molecule has 0 aromatic carbocycles. The second-order valence-corrected chi connectivity index (χ2v) is 3.96. The van der Waals surface area contributed by atoms with Gasteiger partial charge in [-0.05, 0) is 13.0 Å². The second-order valence-electron chi connectivity index (χ2n) is 3.96. The van der Waals surface area contributed by atoms with Gasteiger partial charge < -0.3 is 16.2 Å². The van der Waals surface area contributed by atoms with E-state index < -0.39 is 5.97 Å². The second kappa shape index (κ2) is 5.30. The topological polar surface area (TPSA) is 114 Å². The third kappa shape index (κ3) is 3.15. The van der Waals surface area contributed by atoms with Crippen LogP contribution < -0.4 is 11.1 Å². The smallest absolute Gasteiger partial charge is 0.337 e. The van der Waals surface area contributed by atoms with Crippen LogP contribution in [0.25, 0.3) is 0 Å². The largest absolute Gasteiger partial charge is 0.478 e. The monoisotopic (exact) mass is 259 g/mol. The van der Waals surface area contributed by atoms with Gasteiger partial charge in [-0.3, -0.25) is 9.97 Å². The van der Waals surface area contributed by atoms with Gasteiger partial charge in [0.25, 0.3) is 0 Å². The van der Waals surface area contributed by atoms with Gasteiger partial charge in [-0.1, -0.05) is 0 Å². The van der Waals surface area contributed by atoms with E-state index in [0.29, 0.717) is 12.4 Å². The van der Waals surface area contributed by atoms with E-state index >= 15 is 0 Å². The molecule has 98 valence electrons. The van der Waals surface area contributed by atoms with Crippen molar-refractivity contribution in [3.63, 3.8) is 0 Å². The molecule has 2 heterocycles. The molecule has 0 spiro atoms. The fourth-order valence-corrected chi connectivity index (χ4v) is 1.44. The third-order valence-corrected chi connectivity index (χ3v) is 2.45. The third-order valence-electron chi connectivity index (χ3n) is 2.45. The highest BCUT2D eigenvalue weighted by Gasteiger charge is 2.09. The number of aromatic nitrogens is 3. The summed E-state index contributed by atoms with van der Waals surface area (Å²) in [5.41, 5.74) is 7.25. The number of aryl methyl sites for hydroxylation is 1. The summed E-state index contributed by atoms with van der Waals surface area (Å²) in [6.07, 6.45) is 4.63. The van der Waals surface area contributed by atoms with Gasteiger partial charge in [-0.25, -0.2) is 9.78 Å². The van der Waals surface area contributed by atoms with Crippen molar-refractivity contribution in [1.29, 1.82) is 0 Å². The van der Waals surface area contributed by atoms with E-state index in [4.69, 9.17) is 10.8 Å². The molecule has 7 heteroatoms. The Hall–Kier alpha value is -2.70. The Kier molecular flexibility index (Phi) is 3.56. The lowest BCUT2D eigenvalue weighted by atomic mass is 10.2. The Morgan fingerprint density at radius 3 is 2.74 bits per heavy atom. The minimum Gasteiger partial charge on any atom is -0.478 e. The molecule has 0 unspecified atom stereocenters. The molecule has 0 saturated carbocycles. The summed E-state index contributed by atoms with van der Waals surface area (Å²) in [5.74, 6) is -0.660. The van der Waals surface area contributed by atoms with Crippen LogP contribution in [0.5, 0.6) is 0 Å². The van der Waals surface area contributed by atoms with Gasteiger partial charge in [-0.2, -0.15) is 0 Å². The first-order chi connectivity index (χ1) is 9.06. The molecule has 0 saturated heterocycles. The number of hydrogen-bond acceptors (Lipinski definition) is 6. The summed E-state index contributed by atoms with van der Waals surface area (Å²) in [6, 6.07) is 1.39. The van der Waals surface area contributed by atoms with Crippen LogP contribution in [-0.4, -0.2) is 26.0 Å². The lowest BCUT2D eigenvalue weighted by Crippen LogP contribution is -2.08. The molecule has 2 aromatic rings. The summed E-state index contributed by atoms with van der Waals surface area (Å²) in [4.78, 5) is 23.2. The number of carboxylic acids is 1. The highest BCUT2D eigenvalue weighted by atomic mass is 16.4. The number of anilines is 2. The van der Waals surface area contributed by atoms with Crippen molar-refractivity contribution in [2.24, 2.45) is 0 Å². The number of nitrogens with zero attached hydrogens (tertiary/aromatic N) is 3. The SMILES string of the molecule is Cc1cnc(CNc2cc(C(=O)O)c(N)cn2)cn1. The van der Waals surface area contributed by atoms with E-state index in [2.05, 4.69) is 20.3 Å². The number of rotatable bonds is 4. The standard InChI is InChI=1S/C12H13N5O2/c1-7-3-15-8(4-14-7)5-16-11-2-9(12(18)19)10(13)6-17-11/h2-4,6H,5,13H2,1H3,(H,16,17)(H,18,19). The van der Waals surface area contributed by atoms with Crippen molar-refractivity contribution >= 4 is 17.5 Å².